The first kappa shape index (κ1) is 15.4. The van der Waals surface area contributed by atoms with E-state index in [0.29, 0.717) is 6.42 Å². The van der Waals surface area contributed by atoms with E-state index in [4.69, 9.17) is 5.73 Å². The van der Waals surface area contributed by atoms with Crippen LogP contribution in [0.5, 0.6) is 0 Å². The van der Waals surface area contributed by atoms with E-state index in [1.54, 1.807) is 0 Å². The van der Waals surface area contributed by atoms with Crippen LogP contribution in [-0.4, -0.2) is 37.9 Å². The number of rotatable bonds is 5. The highest BCUT2D eigenvalue weighted by molar-refractivity contribution is 7.92. The van der Waals surface area contributed by atoms with E-state index < -0.39 is 26.7 Å². The molecule has 0 aromatic heterocycles. The van der Waals surface area contributed by atoms with Crippen LogP contribution in [0, 0.1) is 0 Å². The van der Waals surface area contributed by atoms with Crippen LogP contribution in [0.3, 0.4) is 0 Å². The average molecular weight is 276 g/mol. The van der Waals surface area contributed by atoms with E-state index >= 15 is 0 Å². The fraction of sp³-hybridized carbons (Fsp3) is 0.917. The smallest absolute Gasteiger partial charge is 0.232 e. The molecule has 0 aromatic rings. The Morgan fingerprint density at radius 2 is 1.83 bits per heavy atom. The number of nitrogens with one attached hydrogen (secondary N) is 1. The zero-order valence-corrected chi connectivity index (χ0v) is 11.8. The van der Waals surface area contributed by atoms with E-state index in [1.165, 1.54) is 0 Å². The summed E-state index contributed by atoms with van der Waals surface area (Å²) in [5, 5.41) is 2.78. The molecule has 0 radical (unpaired) electrons. The lowest BCUT2D eigenvalue weighted by molar-refractivity contribution is -0.115. The van der Waals surface area contributed by atoms with Crippen molar-refractivity contribution in [3.05, 3.63) is 0 Å². The van der Waals surface area contributed by atoms with Crippen molar-refractivity contribution in [1.82, 2.24) is 5.32 Å². The topological polar surface area (TPSA) is 89.3 Å². The maximum Gasteiger partial charge on any atom is 0.232 e. The fourth-order valence-electron chi connectivity index (χ4n) is 2.68. The van der Waals surface area contributed by atoms with Crippen molar-refractivity contribution in [2.45, 2.75) is 56.7 Å². The monoisotopic (exact) mass is 276 g/mol. The van der Waals surface area contributed by atoms with Gasteiger partial charge in [0.15, 0.2) is 9.84 Å². The third-order valence-electron chi connectivity index (χ3n) is 3.47. The summed E-state index contributed by atoms with van der Waals surface area (Å²) in [6, 6.07) is -0.0420. The van der Waals surface area contributed by atoms with Gasteiger partial charge < -0.3 is 11.1 Å². The summed E-state index contributed by atoms with van der Waals surface area (Å²) in [6.45, 7) is 2.71. The van der Waals surface area contributed by atoms with Crippen LogP contribution < -0.4 is 11.1 Å². The lowest BCUT2D eigenvalue weighted by Crippen LogP contribution is -2.47. The van der Waals surface area contributed by atoms with Gasteiger partial charge in [-0.3, -0.25) is 4.79 Å². The Kier molecular flexibility index (Phi) is 6.08. The molecule has 3 N–H and O–H groups in total. The van der Waals surface area contributed by atoms with Crippen molar-refractivity contribution in [1.29, 1.82) is 0 Å². The standard InChI is InChI=1S/C12H24N2O3S/c1-2-14-10-7-5-3-4-6-8-11(10)18(16,17)9-12(13)15/h10-11,14H,2-9H2,1H3,(H2,13,15). The fourth-order valence-corrected chi connectivity index (χ4v) is 4.55. The molecule has 5 nitrogen and oxygen atoms in total. The Morgan fingerprint density at radius 3 is 2.39 bits per heavy atom. The summed E-state index contributed by atoms with van der Waals surface area (Å²) in [5.74, 6) is -1.29. The van der Waals surface area contributed by atoms with Gasteiger partial charge in [-0.2, -0.15) is 0 Å². The van der Waals surface area contributed by atoms with Crippen molar-refractivity contribution >= 4 is 15.7 Å². The molecule has 106 valence electrons. The number of hydrogen-bond donors (Lipinski definition) is 2. The van der Waals surface area contributed by atoms with Gasteiger partial charge in [-0.25, -0.2) is 8.42 Å². The van der Waals surface area contributed by atoms with Crippen LogP contribution in [0.4, 0.5) is 0 Å². The van der Waals surface area contributed by atoms with Gasteiger partial charge in [-0.05, 0) is 19.4 Å². The SMILES string of the molecule is CCNC1CCCCCCC1S(=O)(=O)CC(N)=O. The van der Waals surface area contributed by atoms with Crippen molar-refractivity contribution in [2.24, 2.45) is 5.73 Å². The number of carbonyl (C=O) groups is 1. The van der Waals surface area contributed by atoms with Crippen LogP contribution in [0.15, 0.2) is 0 Å². The summed E-state index contributed by atoms with van der Waals surface area (Å²) in [6.07, 6.45) is 5.67. The molecule has 2 atom stereocenters. The summed E-state index contributed by atoms with van der Waals surface area (Å²) in [5.41, 5.74) is 5.04. The molecule has 1 rings (SSSR count). The minimum atomic E-state index is -3.43. The lowest BCUT2D eigenvalue weighted by atomic mass is 9.96. The predicted octanol–water partition coefficient (Wildman–Crippen LogP) is 0.587. The first-order chi connectivity index (χ1) is 8.47. The molecule has 2 unspecified atom stereocenters. The molecule has 0 bridgehead atoms. The van der Waals surface area contributed by atoms with Crippen molar-refractivity contribution in [3.8, 4) is 0 Å². The Morgan fingerprint density at radius 1 is 1.22 bits per heavy atom. The summed E-state index contributed by atoms with van der Waals surface area (Å²) in [7, 11) is -3.43. The minimum Gasteiger partial charge on any atom is -0.369 e. The number of amides is 1. The molecular formula is C12H24N2O3S. The summed E-state index contributed by atoms with van der Waals surface area (Å²) >= 11 is 0. The number of hydrogen-bond acceptors (Lipinski definition) is 4. The van der Waals surface area contributed by atoms with Crippen LogP contribution in [-0.2, 0) is 14.6 Å². The predicted molar refractivity (Wildman–Crippen MR) is 71.9 cm³/mol. The van der Waals surface area contributed by atoms with Crippen LogP contribution in [0.25, 0.3) is 0 Å². The zero-order chi connectivity index (χ0) is 13.6. The highest BCUT2D eigenvalue weighted by atomic mass is 32.2. The molecule has 0 heterocycles. The van der Waals surface area contributed by atoms with Gasteiger partial charge in [-0.15, -0.1) is 0 Å². The number of sulfone groups is 1. The molecule has 0 spiro atoms. The summed E-state index contributed by atoms with van der Waals surface area (Å²) < 4.78 is 24.4. The highest BCUT2D eigenvalue weighted by Gasteiger charge is 2.34. The molecular weight excluding hydrogens is 252 g/mol. The molecule has 0 aliphatic heterocycles. The molecule has 1 aliphatic carbocycles. The minimum absolute atomic E-state index is 0.0420. The second-order valence-electron chi connectivity index (χ2n) is 4.97. The zero-order valence-electron chi connectivity index (χ0n) is 11.0. The van der Waals surface area contributed by atoms with E-state index in [2.05, 4.69) is 5.32 Å². The Bertz CT molecular complexity index is 368. The van der Waals surface area contributed by atoms with Crippen LogP contribution >= 0.6 is 0 Å². The van der Waals surface area contributed by atoms with Crippen LogP contribution in [0.1, 0.15) is 45.4 Å². The molecule has 0 aromatic carbocycles. The summed E-state index contributed by atoms with van der Waals surface area (Å²) in [4.78, 5) is 10.9. The quantitative estimate of drug-likeness (QED) is 0.769. The average Bonchev–Trinajstić information content (AvgIpc) is 2.19. The third-order valence-corrected chi connectivity index (χ3v) is 5.65. The van der Waals surface area contributed by atoms with E-state index in [-0.39, 0.29) is 6.04 Å². The normalized spacial score (nSPS) is 26.3. The first-order valence-electron chi connectivity index (χ1n) is 6.70. The highest BCUT2D eigenvalue weighted by Crippen LogP contribution is 2.23. The van der Waals surface area contributed by atoms with Gasteiger partial charge in [0.05, 0.1) is 5.25 Å². The Labute approximate surface area is 109 Å². The maximum atomic E-state index is 12.2. The molecule has 0 saturated heterocycles. The number of nitrogens with two attached hydrogens (primary N) is 1. The maximum absolute atomic E-state index is 12.2. The van der Waals surface area contributed by atoms with Crippen LogP contribution in [0.2, 0.25) is 0 Å². The van der Waals surface area contributed by atoms with Crippen molar-refractivity contribution < 1.29 is 13.2 Å². The van der Waals surface area contributed by atoms with Gasteiger partial charge in [0.25, 0.3) is 0 Å². The molecule has 6 heteroatoms. The Hall–Kier alpha value is -0.620. The van der Waals surface area contributed by atoms with Gasteiger partial charge >= 0.3 is 0 Å². The third kappa shape index (κ3) is 4.57. The van der Waals surface area contributed by atoms with E-state index in [9.17, 15) is 13.2 Å². The van der Waals surface area contributed by atoms with Gasteiger partial charge in [0.2, 0.25) is 5.91 Å². The first-order valence-corrected chi connectivity index (χ1v) is 8.42. The van der Waals surface area contributed by atoms with Gasteiger partial charge in [-0.1, -0.05) is 32.6 Å². The second-order valence-corrected chi connectivity index (χ2v) is 7.19. The second kappa shape index (κ2) is 7.09. The Balaban J connectivity index is 2.85. The van der Waals surface area contributed by atoms with E-state index in [0.717, 1.165) is 38.6 Å². The molecule has 1 amide bonds. The number of primary amides is 1. The molecule has 1 aliphatic rings. The van der Waals surface area contributed by atoms with Crippen molar-refractivity contribution in [3.63, 3.8) is 0 Å². The number of carbonyl (C=O) groups excluding carboxylic acids is 1. The molecule has 1 fully saturated rings. The largest absolute Gasteiger partial charge is 0.369 e. The van der Waals surface area contributed by atoms with E-state index in [1.807, 2.05) is 6.92 Å². The van der Waals surface area contributed by atoms with Gasteiger partial charge in [0.1, 0.15) is 5.75 Å². The molecule has 1 saturated carbocycles. The molecule has 18 heavy (non-hydrogen) atoms. The van der Waals surface area contributed by atoms with Crippen molar-refractivity contribution in [2.75, 3.05) is 12.3 Å². The lowest BCUT2D eigenvalue weighted by Gasteiger charge is -2.29. The van der Waals surface area contributed by atoms with Gasteiger partial charge in [0, 0.05) is 6.04 Å².